The van der Waals surface area contributed by atoms with Crippen LogP contribution < -0.4 is 10.1 Å². The molecule has 2 rings (SSSR count). The summed E-state index contributed by atoms with van der Waals surface area (Å²) in [4.78, 5) is 11.5. The van der Waals surface area contributed by atoms with Crippen LogP contribution in [0.15, 0.2) is 65.6 Å². The molecule has 0 bridgehead atoms. The van der Waals surface area contributed by atoms with Gasteiger partial charge in [0.05, 0.1) is 18.1 Å². The number of ether oxygens (including phenoxy) is 2. The fourth-order valence-corrected chi connectivity index (χ4v) is 2.91. The zero-order chi connectivity index (χ0) is 20.6. The summed E-state index contributed by atoms with van der Waals surface area (Å²) in [7, 11) is -3.79. The fraction of sp³-hybridized carbons (Fsp3) is 0.250. The van der Waals surface area contributed by atoms with E-state index in [1.54, 1.807) is 43.3 Å². The number of nitrogens with one attached hydrogen (secondary N) is 1. The number of carbonyl (C=O) groups is 1. The van der Waals surface area contributed by atoms with Crippen molar-refractivity contribution in [1.29, 1.82) is 0 Å². The Balaban J connectivity index is 1.68. The molecule has 150 valence electrons. The topological polar surface area (TPSA) is 90.9 Å². The summed E-state index contributed by atoms with van der Waals surface area (Å²) in [6.07, 6.45) is 0. The molecule has 0 aliphatic rings. The van der Waals surface area contributed by atoms with Crippen molar-refractivity contribution < 1.29 is 26.9 Å². The first-order chi connectivity index (χ1) is 13.3. The standard InChI is InChI=1S/C20H23NO6S/c1-15(2)20(22)27-18-8-6-17(7-9-18)21-14-25-12-13-26-28(23,24)19-10-4-16(3)5-11-19/h4-11,21H,1,12-14H2,2-3H3. The first-order valence-electron chi connectivity index (χ1n) is 8.53. The highest BCUT2D eigenvalue weighted by Gasteiger charge is 2.14. The summed E-state index contributed by atoms with van der Waals surface area (Å²) in [5, 5.41) is 3.00. The molecular weight excluding hydrogens is 382 g/mol. The van der Waals surface area contributed by atoms with Gasteiger partial charge in [-0.3, -0.25) is 4.18 Å². The molecule has 0 radical (unpaired) electrons. The maximum absolute atomic E-state index is 12.0. The molecule has 2 aromatic rings. The predicted molar refractivity (Wildman–Crippen MR) is 106 cm³/mol. The number of aryl methyl sites for hydroxylation is 1. The van der Waals surface area contributed by atoms with Crippen molar-refractivity contribution in [3.8, 4) is 5.75 Å². The Morgan fingerprint density at radius 1 is 1.04 bits per heavy atom. The summed E-state index contributed by atoms with van der Waals surface area (Å²) in [6.45, 7) is 7.15. The van der Waals surface area contributed by atoms with Gasteiger partial charge < -0.3 is 14.8 Å². The number of benzene rings is 2. The Bertz CT molecular complexity index is 905. The molecule has 7 nitrogen and oxygen atoms in total. The van der Waals surface area contributed by atoms with Crippen LogP contribution in [-0.2, 0) is 23.8 Å². The number of anilines is 1. The normalized spacial score (nSPS) is 11.1. The van der Waals surface area contributed by atoms with Crippen molar-refractivity contribution in [3.05, 3.63) is 66.2 Å². The lowest BCUT2D eigenvalue weighted by Crippen LogP contribution is -2.14. The first kappa shape index (κ1) is 21.6. The van der Waals surface area contributed by atoms with E-state index < -0.39 is 16.1 Å². The quantitative estimate of drug-likeness (QED) is 0.162. The van der Waals surface area contributed by atoms with Gasteiger partial charge in [-0.1, -0.05) is 24.3 Å². The van der Waals surface area contributed by atoms with E-state index in [0.29, 0.717) is 11.3 Å². The van der Waals surface area contributed by atoms with E-state index in [1.165, 1.54) is 12.1 Å². The molecule has 0 atom stereocenters. The zero-order valence-electron chi connectivity index (χ0n) is 15.8. The molecule has 0 amide bonds. The summed E-state index contributed by atoms with van der Waals surface area (Å²) in [6, 6.07) is 13.2. The van der Waals surface area contributed by atoms with E-state index in [2.05, 4.69) is 11.9 Å². The summed E-state index contributed by atoms with van der Waals surface area (Å²) in [5.74, 6) is -0.0705. The highest BCUT2D eigenvalue weighted by atomic mass is 32.2. The summed E-state index contributed by atoms with van der Waals surface area (Å²) in [5.41, 5.74) is 2.04. The lowest BCUT2D eigenvalue weighted by atomic mass is 10.2. The molecule has 0 saturated heterocycles. The van der Waals surface area contributed by atoms with E-state index in [1.807, 2.05) is 6.92 Å². The number of hydrogen-bond acceptors (Lipinski definition) is 7. The Labute approximate surface area is 165 Å². The van der Waals surface area contributed by atoms with E-state index in [4.69, 9.17) is 13.7 Å². The van der Waals surface area contributed by atoms with Crippen LogP contribution in [0.1, 0.15) is 12.5 Å². The van der Waals surface area contributed by atoms with Gasteiger partial charge in [0, 0.05) is 11.3 Å². The van der Waals surface area contributed by atoms with Gasteiger partial charge in [-0.25, -0.2) is 4.79 Å². The third-order valence-corrected chi connectivity index (χ3v) is 4.89. The highest BCUT2D eigenvalue weighted by Crippen LogP contribution is 2.16. The molecule has 1 N–H and O–H groups in total. The van der Waals surface area contributed by atoms with Crippen molar-refractivity contribution in [2.45, 2.75) is 18.7 Å². The smallest absolute Gasteiger partial charge is 0.338 e. The third kappa shape index (κ3) is 6.80. The lowest BCUT2D eigenvalue weighted by Gasteiger charge is -2.09. The van der Waals surface area contributed by atoms with Crippen molar-refractivity contribution in [2.75, 3.05) is 25.3 Å². The van der Waals surface area contributed by atoms with Crippen LogP contribution in [0.5, 0.6) is 5.75 Å². The molecule has 8 heteroatoms. The van der Waals surface area contributed by atoms with E-state index in [0.717, 1.165) is 11.3 Å². The zero-order valence-corrected chi connectivity index (χ0v) is 16.6. The van der Waals surface area contributed by atoms with Gasteiger partial charge in [0.2, 0.25) is 0 Å². The molecule has 0 aromatic heterocycles. The summed E-state index contributed by atoms with van der Waals surface area (Å²) < 4.78 is 39.4. The maximum atomic E-state index is 12.0. The Kier molecular flexibility index (Phi) is 7.74. The van der Waals surface area contributed by atoms with Crippen LogP contribution >= 0.6 is 0 Å². The van der Waals surface area contributed by atoms with Crippen LogP contribution in [0.2, 0.25) is 0 Å². The van der Waals surface area contributed by atoms with Gasteiger partial charge in [-0.15, -0.1) is 0 Å². The van der Waals surface area contributed by atoms with Crippen LogP contribution in [0.25, 0.3) is 0 Å². The fourth-order valence-electron chi connectivity index (χ4n) is 2.02. The third-order valence-electron chi connectivity index (χ3n) is 3.57. The number of hydrogen-bond donors (Lipinski definition) is 1. The maximum Gasteiger partial charge on any atom is 0.338 e. The minimum Gasteiger partial charge on any atom is -0.423 e. The van der Waals surface area contributed by atoms with E-state index in [-0.39, 0.29) is 24.8 Å². The van der Waals surface area contributed by atoms with Crippen molar-refractivity contribution in [3.63, 3.8) is 0 Å². The predicted octanol–water partition coefficient (Wildman–Crippen LogP) is 3.27. The molecule has 0 spiro atoms. The molecule has 2 aromatic carbocycles. The number of rotatable bonds is 10. The molecule has 0 saturated carbocycles. The molecule has 0 heterocycles. The van der Waals surface area contributed by atoms with Crippen molar-refractivity contribution >= 4 is 21.8 Å². The van der Waals surface area contributed by atoms with Gasteiger partial charge in [0.25, 0.3) is 10.1 Å². The second kappa shape index (κ2) is 10.0. The van der Waals surface area contributed by atoms with Crippen LogP contribution in [0, 0.1) is 6.92 Å². The van der Waals surface area contributed by atoms with Gasteiger partial charge in [-0.2, -0.15) is 8.42 Å². The molecular formula is C20H23NO6S. The van der Waals surface area contributed by atoms with E-state index in [9.17, 15) is 13.2 Å². The van der Waals surface area contributed by atoms with Gasteiger partial charge in [0.1, 0.15) is 12.5 Å². The first-order valence-corrected chi connectivity index (χ1v) is 9.94. The van der Waals surface area contributed by atoms with Crippen LogP contribution in [0.3, 0.4) is 0 Å². The Morgan fingerprint density at radius 2 is 1.68 bits per heavy atom. The average Bonchev–Trinajstić information content (AvgIpc) is 2.66. The molecule has 0 fully saturated rings. The molecule has 28 heavy (non-hydrogen) atoms. The second-order valence-electron chi connectivity index (χ2n) is 6.01. The van der Waals surface area contributed by atoms with Crippen LogP contribution in [-0.4, -0.2) is 34.3 Å². The van der Waals surface area contributed by atoms with Crippen LogP contribution in [0.4, 0.5) is 5.69 Å². The highest BCUT2D eigenvalue weighted by molar-refractivity contribution is 7.86. The Morgan fingerprint density at radius 3 is 2.29 bits per heavy atom. The molecule has 0 unspecified atom stereocenters. The van der Waals surface area contributed by atoms with Gasteiger partial charge in [0.15, 0.2) is 0 Å². The number of esters is 1. The summed E-state index contributed by atoms with van der Waals surface area (Å²) >= 11 is 0. The average molecular weight is 405 g/mol. The largest absolute Gasteiger partial charge is 0.423 e. The molecule has 0 aliphatic heterocycles. The van der Waals surface area contributed by atoms with E-state index >= 15 is 0 Å². The molecule has 0 aliphatic carbocycles. The minimum absolute atomic E-state index is 0.0896. The SMILES string of the molecule is C=C(C)C(=O)Oc1ccc(NCOCCOS(=O)(=O)c2ccc(C)cc2)cc1. The van der Waals surface area contributed by atoms with Gasteiger partial charge >= 0.3 is 5.97 Å². The van der Waals surface area contributed by atoms with Gasteiger partial charge in [-0.05, 0) is 50.2 Å². The van der Waals surface area contributed by atoms with Crippen molar-refractivity contribution in [1.82, 2.24) is 0 Å². The number of carbonyl (C=O) groups excluding carboxylic acids is 1. The Hall–Kier alpha value is -2.68. The monoisotopic (exact) mass is 405 g/mol. The second-order valence-corrected chi connectivity index (χ2v) is 7.63. The van der Waals surface area contributed by atoms with Crippen molar-refractivity contribution in [2.24, 2.45) is 0 Å². The lowest BCUT2D eigenvalue weighted by molar-refractivity contribution is -0.130. The minimum atomic E-state index is -3.79.